The monoisotopic (exact) mass is 448 g/mol. The lowest BCUT2D eigenvalue weighted by Crippen LogP contribution is -2.22. The average molecular weight is 449 g/mol. The van der Waals surface area contributed by atoms with Gasteiger partial charge in [-0.2, -0.15) is 0 Å². The summed E-state index contributed by atoms with van der Waals surface area (Å²) in [5.74, 6) is -0.106. The molecule has 10 heteroatoms. The van der Waals surface area contributed by atoms with Crippen LogP contribution in [0.3, 0.4) is 0 Å². The molecule has 3 aromatic rings. The van der Waals surface area contributed by atoms with Gasteiger partial charge in [-0.15, -0.1) is 0 Å². The van der Waals surface area contributed by atoms with E-state index in [1.807, 2.05) is 28.8 Å². The number of sulfonamides is 1. The minimum atomic E-state index is -3.57. The predicted octanol–water partition coefficient (Wildman–Crippen LogP) is 2.66. The van der Waals surface area contributed by atoms with Gasteiger partial charge in [0.25, 0.3) is 0 Å². The van der Waals surface area contributed by atoms with Crippen LogP contribution in [0.1, 0.15) is 0 Å². The molecular formula is C20H24N4O4S2. The third-order valence-corrected chi connectivity index (χ3v) is 7.15. The Morgan fingerprint density at radius 3 is 2.70 bits per heavy atom. The van der Waals surface area contributed by atoms with E-state index in [0.29, 0.717) is 18.8 Å². The SMILES string of the molecule is COCCn1c(SCC(=O)Nc2cccc(S(=O)(=O)N(C)C)c2)nc2ccccc21. The Kier molecular flexibility index (Phi) is 7.14. The van der Waals surface area contributed by atoms with E-state index < -0.39 is 10.0 Å². The zero-order valence-corrected chi connectivity index (χ0v) is 18.7. The third kappa shape index (κ3) is 5.01. The van der Waals surface area contributed by atoms with Crippen molar-refractivity contribution in [3.8, 4) is 0 Å². The van der Waals surface area contributed by atoms with Crippen LogP contribution in [0.4, 0.5) is 5.69 Å². The van der Waals surface area contributed by atoms with E-state index in [4.69, 9.17) is 4.74 Å². The number of thioether (sulfide) groups is 1. The molecule has 0 fully saturated rings. The lowest BCUT2D eigenvalue weighted by molar-refractivity contribution is -0.113. The van der Waals surface area contributed by atoms with E-state index in [2.05, 4.69) is 10.3 Å². The van der Waals surface area contributed by atoms with Gasteiger partial charge in [-0.3, -0.25) is 4.79 Å². The number of imidazole rings is 1. The predicted molar refractivity (Wildman–Crippen MR) is 118 cm³/mol. The summed E-state index contributed by atoms with van der Waals surface area (Å²) in [7, 11) is 1.01. The topological polar surface area (TPSA) is 93.5 Å². The van der Waals surface area contributed by atoms with Crippen LogP contribution in [0.25, 0.3) is 11.0 Å². The molecule has 1 amide bonds. The summed E-state index contributed by atoms with van der Waals surface area (Å²) in [5.41, 5.74) is 2.27. The highest BCUT2D eigenvalue weighted by atomic mass is 32.2. The van der Waals surface area contributed by atoms with Crippen molar-refractivity contribution in [2.24, 2.45) is 0 Å². The second kappa shape index (κ2) is 9.61. The highest BCUT2D eigenvalue weighted by Gasteiger charge is 2.18. The summed E-state index contributed by atoms with van der Waals surface area (Å²) in [6.07, 6.45) is 0. The number of hydrogen-bond acceptors (Lipinski definition) is 6. The normalized spacial score (nSPS) is 11.9. The molecule has 0 aliphatic heterocycles. The first kappa shape index (κ1) is 22.3. The Morgan fingerprint density at radius 2 is 1.97 bits per heavy atom. The minimum absolute atomic E-state index is 0.124. The van der Waals surface area contributed by atoms with Gasteiger partial charge in [0.2, 0.25) is 15.9 Å². The van der Waals surface area contributed by atoms with Crippen LogP contribution in [0.5, 0.6) is 0 Å². The molecule has 2 aromatic carbocycles. The summed E-state index contributed by atoms with van der Waals surface area (Å²) < 4.78 is 32.9. The number of carbonyl (C=O) groups is 1. The first-order valence-corrected chi connectivity index (χ1v) is 11.6. The van der Waals surface area contributed by atoms with E-state index >= 15 is 0 Å². The molecule has 0 unspecified atom stereocenters. The second-order valence-electron chi connectivity index (χ2n) is 6.68. The fourth-order valence-corrected chi connectivity index (χ4v) is 4.62. The molecule has 0 spiro atoms. The van der Waals surface area contributed by atoms with Crippen molar-refractivity contribution in [2.45, 2.75) is 16.6 Å². The van der Waals surface area contributed by atoms with Gasteiger partial charge in [-0.1, -0.05) is 30.0 Å². The summed E-state index contributed by atoms with van der Waals surface area (Å²) in [5, 5.41) is 3.48. The first-order valence-electron chi connectivity index (χ1n) is 9.22. The Balaban J connectivity index is 1.71. The molecule has 0 saturated heterocycles. The smallest absolute Gasteiger partial charge is 0.242 e. The number of fused-ring (bicyclic) bond motifs is 1. The molecule has 3 rings (SSSR count). The third-order valence-electron chi connectivity index (χ3n) is 4.37. The van der Waals surface area contributed by atoms with Gasteiger partial charge >= 0.3 is 0 Å². The number of benzene rings is 2. The van der Waals surface area contributed by atoms with Crippen molar-refractivity contribution < 1.29 is 17.9 Å². The maximum atomic E-state index is 12.5. The Morgan fingerprint density at radius 1 is 1.20 bits per heavy atom. The van der Waals surface area contributed by atoms with E-state index in [-0.39, 0.29) is 16.6 Å². The van der Waals surface area contributed by atoms with Crippen molar-refractivity contribution >= 4 is 44.4 Å². The Labute approximate surface area is 180 Å². The van der Waals surface area contributed by atoms with Crippen molar-refractivity contribution in [1.82, 2.24) is 13.9 Å². The quantitative estimate of drug-likeness (QED) is 0.506. The zero-order valence-electron chi connectivity index (χ0n) is 17.0. The van der Waals surface area contributed by atoms with E-state index in [1.165, 1.54) is 38.0 Å². The maximum Gasteiger partial charge on any atom is 0.242 e. The van der Waals surface area contributed by atoms with Crippen LogP contribution in [0.2, 0.25) is 0 Å². The number of carbonyl (C=O) groups excluding carboxylic acids is 1. The molecule has 0 atom stereocenters. The maximum absolute atomic E-state index is 12.5. The van der Waals surface area contributed by atoms with Crippen LogP contribution in [-0.4, -0.2) is 61.7 Å². The van der Waals surface area contributed by atoms with Crippen molar-refractivity contribution in [2.75, 3.05) is 38.9 Å². The van der Waals surface area contributed by atoms with Crippen LogP contribution in [0.15, 0.2) is 58.6 Å². The van der Waals surface area contributed by atoms with Gasteiger partial charge in [-0.05, 0) is 30.3 Å². The zero-order chi connectivity index (χ0) is 21.7. The molecular weight excluding hydrogens is 424 g/mol. The van der Waals surface area contributed by atoms with Crippen molar-refractivity contribution in [3.05, 3.63) is 48.5 Å². The summed E-state index contributed by atoms with van der Waals surface area (Å²) in [4.78, 5) is 17.2. The number of hydrogen-bond donors (Lipinski definition) is 1. The Hall–Kier alpha value is -2.40. The molecule has 8 nitrogen and oxygen atoms in total. The van der Waals surface area contributed by atoms with Gasteiger partial charge < -0.3 is 14.6 Å². The molecule has 0 saturated carbocycles. The first-order chi connectivity index (χ1) is 14.3. The van der Waals surface area contributed by atoms with Gasteiger partial charge in [0.15, 0.2) is 5.16 Å². The molecule has 0 radical (unpaired) electrons. The van der Waals surface area contributed by atoms with Crippen LogP contribution in [-0.2, 0) is 26.1 Å². The van der Waals surface area contributed by atoms with Gasteiger partial charge in [0, 0.05) is 33.4 Å². The highest BCUT2D eigenvalue weighted by molar-refractivity contribution is 7.99. The Bertz CT molecular complexity index is 1140. The van der Waals surface area contributed by atoms with Crippen molar-refractivity contribution in [1.29, 1.82) is 0 Å². The van der Waals surface area contributed by atoms with Gasteiger partial charge in [-0.25, -0.2) is 17.7 Å². The molecule has 0 aliphatic carbocycles. The number of para-hydroxylation sites is 2. The number of nitrogens with one attached hydrogen (secondary N) is 1. The number of amides is 1. The van der Waals surface area contributed by atoms with Crippen molar-refractivity contribution in [3.63, 3.8) is 0 Å². The number of anilines is 1. The van der Waals surface area contributed by atoms with Gasteiger partial charge in [0.1, 0.15) is 0 Å². The molecule has 0 bridgehead atoms. The van der Waals surface area contributed by atoms with E-state index in [9.17, 15) is 13.2 Å². The summed E-state index contributed by atoms with van der Waals surface area (Å²) in [6.45, 7) is 1.17. The van der Waals surface area contributed by atoms with E-state index in [1.54, 1.807) is 19.2 Å². The van der Waals surface area contributed by atoms with Gasteiger partial charge in [0.05, 0.1) is 28.3 Å². The fourth-order valence-electron chi connectivity index (χ4n) is 2.83. The lowest BCUT2D eigenvalue weighted by atomic mass is 10.3. The average Bonchev–Trinajstić information content (AvgIpc) is 3.08. The standard InChI is InChI=1S/C20H24N4O4S2/c1-23(2)30(26,27)16-8-6-7-15(13-16)21-19(25)14-29-20-22-17-9-4-5-10-18(17)24(20)11-12-28-3/h4-10,13H,11-12,14H2,1-3H3,(H,21,25). The molecule has 1 aromatic heterocycles. The summed E-state index contributed by atoms with van der Waals surface area (Å²) >= 11 is 1.32. The molecule has 30 heavy (non-hydrogen) atoms. The number of methoxy groups -OCH3 is 1. The highest BCUT2D eigenvalue weighted by Crippen LogP contribution is 2.24. The van der Waals surface area contributed by atoms with Crippen LogP contribution >= 0.6 is 11.8 Å². The van der Waals surface area contributed by atoms with Crippen LogP contribution in [0, 0.1) is 0 Å². The van der Waals surface area contributed by atoms with Crippen LogP contribution < -0.4 is 5.32 Å². The number of aromatic nitrogens is 2. The number of rotatable bonds is 9. The molecule has 160 valence electrons. The number of ether oxygens (including phenoxy) is 1. The molecule has 1 heterocycles. The largest absolute Gasteiger partial charge is 0.383 e. The number of nitrogens with zero attached hydrogens (tertiary/aromatic N) is 3. The lowest BCUT2D eigenvalue weighted by Gasteiger charge is -2.13. The molecule has 1 N–H and O–H groups in total. The fraction of sp³-hybridized carbons (Fsp3) is 0.300. The minimum Gasteiger partial charge on any atom is -0.383 e. The molecule has 0 aliphatic rings. The second-order valence-corrected chi connectivity index (χ2v) is 9.77. The van der Waals surface area contributed by atoms with E-state index in [0.717, 1.165) is 20.5 Å². The summed E-state index contributed by atoms with van der Waals surface area (Å²) in [6, 6.07) is 14.0.